The number of oxime groups is 2. The van der Waals surface area contributed by atoms with E-state index < -0.39 is 0 Å². The summed E-state index contributed by atoms with van der Waals surface area (Å²) in [5, 5.41) is 15.7. The molecular weight excluding hydrogens is 192 g/mol. The number of benzene rings is 1. The highest BCUT2D eigenvalue weighted by atomic mass is 16.6. The molecule has 0 aliphatic carbocycles. The Kier molecular flexibility index (Phi) is 2.67. The molecule has 0 aromatic heterocycles. The zero-order valence-corrected chi connectivity index (χ0v) is 8.42. The normalized spacial score (nSPS) is 20.3. The zero-order chi connectivity index (χ0) is 10.7. The van der Waals surface area contributed by atoms with Crippen molar-refractivity contribution in [3.8, 4) is 0 Å². The molecule has 1 aromatic carbocycles. The molecule has 0 saturated heterocycles. The molecule has 1 aliphatic heterocycles. The van der Waals surface area contributed by atoms with Crippen LogP contribution < -0.4 is 0 Å². The van der Waals surface area contributed by atoms with Crippen molar-refractivity contribution in [3.63, 3.8) is 0 Å². The predicted octanol–water partition coefficient (Wildman–Crippen LogP) is 2.33. The van der Waals surface area contributed by atoms with Crippen molar-refractivity contribution < 1.29 is 10.0 Å². The smallest absolute Gasteiger partial charge is 0.158 e. The van der Waals surface area contributed by atoms with Crippen molar-refractivity contribution in [2.75, 3.05) is 0 Å². The second-order valence-corrected chi connectivity index (χ2v) is 3.39. The van der Waals surface area contributed by atoms with Gasteiger partial charge in [-0.25, -0.2) is 0 Å². The van der Waals surface area contributed by atoms with Crippen LogP contribution in [0.1, 0.15) is 30.6 Å². The van der Waals surface area contributed by atoms with E-state index in [0.717, 1.165) is 17.5 Å². The van der Waals surface area contributed by atoms with Gasteiger partial charge in [-0.1, -0.05) is 34.6 Å². The third-order valence-electron chi connectivity index (χ3n) is 2.43. The third kappa shape index (κ3) is 1.83. The Morgan fingerprint density at radius 2 is 2.33 bits per heavy atom. The van der Waals surface area contributed by atoms with E-state index in [0.29, 0.717) is 5.71 Å². The maximum absolute atomic E-state index is 8.77. The first kappa shape index (κ1) is 9.71. The Hall–Kier alpha value is -1.84. The maximum atomic E-state index is 8.77. The van der Waals surface area contributed by atoms with Gasteiger partial charge in [0.25, 0.3) is 0 Å². The van der Waals surface area contributed by atoms with Crippen molar-refractivity contribution in [3.05, 3.63) is 35.4 Å². The minimum atomic E-state index is -0.0575. The number of hydrogen-bond donors (Lipinski definition) is 1. The summed E-state index contributed by atoms with van der Waals surface area (Å²) in [6.07, 6.45) is 2.45. The molecule has 0 fully saturated rings. The lowest BCUT2D eigenvalue weighted by atomic mass is 9.98. The molecule has 0 spiro atoms. The third-order valence-corrected chi connectivity index (χ3v) is 2.43. The first-order valence-electron chi connectivity index (χ1n) is 4.78. The molecule has 1 unspecified atom stereocenters. The highest BCUT2D eigenvalue weighted by molar-refractivity contribution is 5.99. The van der Waals surface area contributed by atoms with E-state index in [2.05, 4.69) is 10.3 Å². The molecule has 1 aliphatic rings. The fraction of sp³-hybridized carbons (Fsp3) is 0.273. The first-order valence-corrected chi connectivity index (χ1v) is 4.78. The minimum absolute atomic E-state index is 0.0575. The van der Waals surface area contributed by atoms with Gasteiger partial charge in [0, 0.05) is 23.8 Å². The van der Waals surface area contributed by atoms with Crippen LogP contribution in [-0.4, -0.2) is 17.1 Å². The summed E-state index contributed by atoms with van der Waals surface area (Å²) in [5.74, 6) is 0. The Bertz CT molecular complexity index is 405. The first-order chi connectivity index (χ1) is 7.33. The predicted molar refractivity (Wildman–Crippen MR) is 57.4 cm³/mol. The van der Waals surface area contributed by atoms with Crippen molar-refractivity contribution >= 4 is 11.9 Å². The zero-order valence-electron chi connectivity index (χ0n) is 8.42. The van der Waals surface area contributed by atoms with Gasteiger partial charge in [0.05, 0.1) is 5.71 Å². The molecule has 1 aromatic rings. The summed E-state index contributed by atoms with van der Waals surface area (Å²) in [5.41, 5.74) is 2.49. The van der Waals surface area contributed by atoms with Crippen LogP contribution in [0.15, 0.2) is 34.6 Å². The second kappa shape index (κ2) is 4.13. The number of nitrogens with zero attached hydrogens (tertiary/aromatic N) is 2. The van der Waals surface area contributed by atoms with Gasteiger partial charge in [0.1, 0.15) is 0 Å². The van der Waals surface area contributed by atoms with Gasteiger partial charge in [0.2, 0.25) is 0 Å². The number of rotatable bonds is 2. The Balaban J connectivity index is 2.37. The molecule has 0 radical (unpaired) electrons. The topological polar surface area (TPSA) is 54.2 Å². The Labute approximate surface area is 87.9 Å². The molecule has 2 rings (SSSR count). The number of hydrogen-bond acceptors (Lipinski definition) is 4. The van der Waals surface area contributed by atoms with E-state index >= 15 is 0 Å². The summed E-state index contributed by atoms with van der Waals surface area (Å²) in [6, 6.07) is 7.71. The van der Waals surface area contributed by atoms with E-state index in [1.54, 1.807) is 13.1 Å². The monoisotopic (exact) mass is 204 g/mol. The quantitative estimate of drug-likeness (QED) is 0.456. The van der Waals surface area contributed by atoms with E-state index in [-0.39, 0.29) is 6.10 Å². The summed E-state index contributed by atoms with van der Waals surface area (Å²) < 4.78 is 0. The minimum Gasteiger partial charge on any atom is -0.411 e. The lowest BCUT2D eigenvalue weighted by molar-refractivity contribution is 0.0856. The van der Waals surface area contributed by atoms with Gasteiger partial charge < -0.3 is 10.0 Å². The van der Waals surface area contributed by atoms with Crippen LogP contribution >= 0.6 is 0 Å². The molecule has 4 nitrogen and oxygen atoms in total. The maximum Gasteiger partial charge on any atom is 0.158 e. The summed E-state index contributed by atoms with van der Waals surface area (Å²) in [6.45, 7) is 1.76. The summed E-state index contributed by atoms with van der Waals surface area (Å²) in [4.78, 5) is 5.21. The van der Waals surface area contributed by atoms with Crippen molar-refractivity contribution in [1.82, 2.24) is 0 Å². The average Bonchev–Trinajstić information content (AvgIpc) is 2.81. The largest absolute Gasteiger partial charge is 0.411 e. The van der Waals surface area contributed by atoms with Gasteiger partial charge in [-0.05, 0) is 6.92 Å². The molecule has 15 heavy (non-hydrogen) atoms. The van der Waals surface area contributed by atoms with Gasteiger partial charge >= 0.3 is 0 Å². The fourth-order valence-electron chi connectivity index (χ4n) is 1.64. The second-order valence-electron chi connectivity index (χ2n) is 3.39. The molecule has 0 bridgehead atoms. The van der Waals surface area contributed by atoms with Gasteiger partial charge in [-0.15, -0.1) is 0 Å². The highest BCUT2D eigenvalue weighted by Gasteiger charge is 2.20. The van der Waals surface area contributed by atoms with E-state index in [1.165, 1.54) is 0 Å². The van der Waals surface area contributed by atoms with Crippen LogP contribution in [-0.2, 0) is 4.84 Å². The Morgan fingerprint density at radius 1 is 1.53 bits per heavy atom. The SMILES string of the molecule is CC(=NO)c1ccccc1C1CC=NO1. The average molecular weight is 204 g/mol. The summed E-state index contributed by atoms with van der Waals surface area (Å²) >= 11 is 0. The molecule has 0 saturated carbocycles. The lowest BCUT2D eigenvalue weighted by Crippen LogP contribution is -2.05. The van der Waals surface area contributed by atoms with Crippen LogP contribution in [0.2, 0.25) is 0 Å². The summed E-state index contributed by atoms with van der Waals surface area (Å²) in [7, 11) is 0. The lowest BCUT2D eigenvalue weighted by Gasteiger charge is -2.12. The van der Waals surface area contributed by atoms with Crippen molar-refractivity contribution in [2.45, 2.75) is 19.4 Å². The Morgan fingerprint density at radius 3 is 3.00 bits per heavy atom. The van der Waals surface area contributed by atoms with E-state index in [4.69, 9.17) is 10.0 Å². The van der Waals surface area contributed by atoms with Crippen LogP contribution in [0.3, 0.4) is 0 Å². The van der Waals surface area contributed by atoms with Crippen LogP contribution in [0, 0.1) is 0 Å². The van der Waals surface area contributed by atoms with Crippen LogP contribution in [0.4, 0.5) is 0 Å². The highest BCUT2D eigenvalue weighted by Crippen LogP contribution is 2.27. The van der Waals surface area contributed by atoms with Gasteiger partial charge in [-0.2, -0.15) is 0 Å². The van der Waals surface area contributed by atoms with Crippen molar-refractivity contribution in [2.24, 2.45) is 10.3 Å². The standard InChI is InChI=1S/C11H12N2O2/c1-8(13-14)9-4-2-3-5-10(9)11-6-7-12-15-11/h2-5,7,11,14H,6H2,1H3. The molecule has 1 atom stereocenters. The van der Waals surface area contributed by atoms with Crippen LogP contribution in [0.25, 0.3) is 0 Å². The molecule has 1 heterocycles. The molecule has 78 valence electrons. The van der Waals surface area contributed by atoms with Gasteiger partial charge in [-0.3, -0.25) is 0 Å². The van der Waals surface area contributed by atoms with Crippen LogP contribution in [0.5, 0.6) is 0 Å². The van der Waals surface area contributed by atoms with Gasteiger partial charge in [0.15, 0.2) is 6.10 Å². The van der Waals surface area contributed by atoms with E-state index in [9.17, 15) is 0 Å². The van der Waals surface area contributed by atoms with Crippen molar-refractivity contribution in [1.29, 1.82) is 0 Å². The molecule has 0 amide bonds. The molecule has 4 heteroatoms. The fourth-order valence-corrected chi connectivity index (χ4v) is 1.64. The molecular formula is C11H12N2O2. The molecule has 1 N–H and O–H groups in total. The van der Waals surface area contributed by atoms with E-state index in [1.807, 2.05) is 24.3 Å².